The lowest BCUT2D eigenvalue weighted by atomic mass is 9.98. The van der Waals surface area contributed by atoms with Gasteiger partial charge in [-0.15, -0.1) is 0 Å². The normalized spacial score (nSPS) is 28.1. The lowest BCUT2D eigenvalue weighted by Crippen LogP contribution is -2.58. The predicted molar refractivity (Wildman–Crippen MR) is 72.4 cm³/mol. The minimum Gasteiger partial charge on any atom is -0.465 e. The molecule has 0 saturated carbocycles. The maximum atomic E-state index is 10.7. The Bertz CT molecular complexity index is 310. The van der Waals surface area contributed by atoms with E-state index in [1.165, 1.54) is 0 Å². The largest absolute Gasteiger partial charge is 0.465 e. The molecule has 2 fully saturated rings. The molecule has 0 aliphatic carbocycles. The fraction of sp³-hybridized carbons (Fsp3) is 0.923. The highest BCUT2D eigenvalue weighted by Gasteiger charge is 2.31. The first kappa shape index (κ1) is 14.6. The van der Waals surface area contributed by atoms with Gasteiger partial charge in [0.1, 0.15) is 0 Å². The SMILES string of the molecule is CC(C)(CCCN1CC2CNCC(C1)O2)NC(=O)O. The van der Waals surface area contributed by atoms with E-state index in [-0.39, 0.29) is 5.54 Å². The molecular weight excluding hydrogens is 246 g/mol. The van der Waals surface area contributed by atoms with Crippen LogP contribution in [0.2, 0.25) is 0 Å². The third-order valence-electron chi connectivity index (χ3n) is 3.77. The summed E-state index contributed by atoms with van der Waals surface area (Å²) in [5, 5.41) is 14.7. The average Bonchev–Trinajstić information content (AvgIpc) is 2.26. The summed E-state index contributed by atoms with van der Waals surface area (Å²) in [5.74, 6) is 0. The first-order valence-electron chi connectivity index (χ1n) is 7.04. The van der Waals surface area contributed by atoms with Crippen molar-refractivity contribution in [2.45, 2.75) is 44.4 Å². The minimum atomic E-state index is -0.947. The van der Waals surface area contributed by atoms with Gasteiger partial charge in [0.05, 0.1) is 12.2 Å². The molecule has 1 amide bonds. The summed E-state index contributed by atoms with van der Waals surface area (Å²) in [4.78, 5) is 13.1. The first-order chi connectivity index (χ1) is 8.94. The third kappa shape index (κ3) is 4.63. The number of nitrogens with zero attached hydrogens (tertiary/aromatic N) is 1. The van der Waals surface area contributed by atoms with Crippen molar-refractivity contribution in [2.75, 3.05) is 32.7 Å². The second kappa shape index (κ2) is 6.07. The molecule has 2 heterocycles. The van der Waals surface area contributed by atoms with Crippen molar-refractivity contribution in [3.05, 3.63) is 0 Å². The van der Waals surface area contributed by atoms with Crippen LogP contribution in [0.3, 0.4) is 0 Å². The fourth-order valence-electron chi connectivity index (χ4n) is 2.92. The summed E-state index contributed by atoms with van der Waals surface area (Å²) in [6.45, 7) is 8.73. The molecule has 6 heteroatoms. The van der Waals surface area contributed by atoms with Crippen molar-refractivity contribution >= 4 is 6.09 Å². The minimum absolute atomic E-state index is 0.317. The third-order valence-corrected chi connectivity index (χ3v) is 3.77. The summed E-state index contributed by atoms with van der Waals surface area (Å²) < 4.78 is 5.86. The summed E-state index contributed by atoms with van der Waals surface area (Å²) in [7, 11) is 0. The fourth-order valence-corrected chi connectivity index (χ4v) is 2.92. The smallest absolute Gasteiger partial charge is 0.405 e. The number of carboxylic acid groups (broad SMARTS) is 1. The van der Waals surface area contributed by atoms with Crippen LogP contribution in [0, 0.1) is 0 Å². The highest BCUT2D eigenvalue weighted by molar-refractivity contribution is 5.65. The van der Waals surface area contributed by atoms with Crippen molar-refractivity contribution in [2.24, 2.45) is 0 Å². The highest BCUT2D eigenvalue weighted by Crippen LogP contribution is 2.17. The molecule has 2 saturated heterocycles. The van der Waals surface area contributed by atoms with Crippen LogP contribution >= 0.6 is 0 Å². The van der Waals surface area contributed by atoms with Gasteiger partial charge in [0.15, 0.2) is 0 Å². The van der Waals surface area contributed by atoms with E-state index < -0.39 is 6.09 Å². The van der Waals surface area contributed by atoms with Crippen LogP contribution in [0.25, 0.3) is 0 Å². The number of carbonyl (C=O) groups is 1. The molecule has 2 aliphatic rings. The zero-order chi connectivity index (χ0) is 13.9. The number of nitrogens with one attached hydrogen (secondary N) is 2. The lowest BCUT2D eigenvalue weighted by molar-refractivity contribution is -0.103. The molecule has 2 bridgehead atoms. The van der Waals surface area contributed by atoms with Gasteiger partial charge in [0, 0.05) is 31.7 Å². The van der Waals surface area contributed by atoms with Gasteiger partial charge in [-0.05, 0) is 33.2 Å². The summed E-state index contributed by atoms with van der Waals surface area (Å²) >= 11 is 0. The number of hydrogen-bond donors (Lipinski definition) is 3. The van der Waals surface area contributed by atoms with E-state index >= 15 is 0 Å². The molecule has 19 heavy (non-hydrogen) atoms. The molecule has 2 atom stereocenters. The molecular formula is C13H25N3O3. The first-order valence-corrected chi connectivity index (χ1v) is 7.04. The monoisotopic (exact) mass is 271 g/mol. The molecule has 0 aromatic rings. The van der Waals surface area contributed by atoms with Crippen LogP contribution in [-0.2, 0) is 4.74 Å². The van der Waals surface area contributed by atoms with Gasteiger partial charge in [-0.3, -0.25) is 4.90 Å². The molecule has 2 unspecified atom stereocenters. The van der Waals surface area contributed by atoms with Gasteiger partial charge in [0.2, 0.25) is 0 Å². The molecule has 3 N–H and O–H groups in total. The predicted octanol–water partition coefficient (Wildman–Crippen LogP) is 0.485. The van der Waals surface area contributed by atoms with Gasteiger partial charge >= 0.3 is 6.09 Å². The second-order valence-corrected chi connectivity index (χ2v) is 6.22. The molecule has 0 radical (unpaired) electrons. The zero-order valence-electron chi connectivity index (χ0n) is 11.8. The molecule has 6 nitrogen and oxygen atoms in total. The van der Waals surface area contributed by atoms with Crippen molar-refractivity contribution in [3.8, 4) is 0 Å². The molecule has 0 aromatic carbocycles. The molecule has 2 rings (SSSR count). The van der Waals surface area contributed by atoms with Crippen molar-refractivity contribution in [1.29, 1.82) is 0 Å². The summed E-state index contributed by atoms with van der Waals surface area (Å²) in [6.07, 6.45) is 1.54. The standard InChI is InChI=1S/C13H25N3O3/c1-13(2,15-12(17)18)4-3-5-16-8-10-6-14-7-11(9-16)19-10/h10-11,14-15H,3-9H2,1-2H3,(H,17,18). The maximum Gasteiger partial charge on any atom is 0.405 e. The van der Waals surface area contributed by atoms with E-state index in [2.05, 4.69) is 15.5 Å². The van der Waals surface area contributed by atoms with Crippen LogP contribution in [0.4, 0.5) is 4.79 Å². The highest BCUT2D eigenvalue weighted by atomic mass is 16.5. The number of amides is 1. The lowest BCUT2D eigenvalue weighted by Gasteiger charge is -2.42. The van der Waals surface area contributed by atoms with Crippen molar-refractivity contribution in [3.63, 3.8) is 0 Å². The van der Waals surface area contributed by atoms with Gasteiger partial charge in [0.25, 0.3) is 0 Å². The van der Waals surface area contributed by atoms with Crippen LogP contribution in [-0.4, -0.2) is 66.6 Å². The zero-order valence-corrected chi connectivity index (χ0v) is 11.8. The van der Waals surface area contributed by atoms with E-state index in [1.807, 2.05) is 13.8 Å². The maximum absolute atomic E-state index is 10.7. The van der Waals surface area contributed by atoms with Gasteiger partial charge in [-0.1, -0.05) is 0 Å². The number of rotatable bonds is 5. The van der Waals surface area contributed by atoms with E-state index in [1.54, 1.807) is 0 Å². The topological polar surface area (TPSA) is 73.8 Å². The Kier molecular flexibility index (Phi) is 4.65. The summed E-state index contributed by atoms with van der Waals surface area (Å²) in [5.41, 5.74) is -0.352. The summed E-state index contributed by atoms with van der Waals surface area (Å²) in [6, 6.07) is 0. The van der Waals surface area contributed by atoms with Crippen LogP contribution < -0.4 is 10.6 Å². The van der Waals surface area contributed by atoms with Gasteiger partial charge < -0.3 is 20.5 Å². The van der Waals surface area contributed by atoms with Crippen LogP contribution in [0.15, 0.2) is 0 Å². The number of fused-ring (bicyclic) bond motifs is 2. The molecule has 0 aromatic heterocycles. The van der Waals surface area contributed by atoms with Gasteiger partial charge in [-0.25, -0.2) is 4.79 Å². The van der Waals surface area contributed by atoms with Crippen LogP contribution in [0.5, 0.6) is 0 Å². The van der Waals surface area contributed by atoms with Crippen LogP contribution in [0.1, 0.15) is 26.7 Å². The van der Waals surface area contributed by atoms with E-state index in [0.29, 0.717) is 12.2 Å². The number of ether oxygens (including phenoxy) is 1. The van der Waals surface area contributed by atoms with E-state index in [9.17, 15) is 4.79 Å². The van der Waals surface area contributed by atoms with Crippen molar-refractivity contribution < 1.29 is 14.6 Å². The van der Waals surface area contributed by atoms with E-state index in [4.69, 9.17) is 9.84 Å². The Morgan fingerprint density at radius 2 is 2.05 bits per heavy atom. The van der Waals surface area contributed by atoms with E-state index in [0.717, 1.165) is 45.6 Å². The molecule has 0 spiro atoms. The molecule has 110 valence electrons. The second-order valence-electron chi connectivity index (χ2n) is 6.22. The van der Waals surface area contributed by atoms with Crippen molar-refractivity contribution in [1.82, 2.24) is 15.5 Å². The Morgan fingerprint density at radius 3 is 2.63 bits per heavy atom. The molecule has 2 aliphatic heterocycles. The number of morpholine rings is 2. The Hall–Kier alpha value is -0.850. The van der Waals surface area contributed by atoms with Gasteiger partial charge in [-0.2, -0.15) is 0 Å². The average molecular weight is 271 g/mol. The number of hydrogen-bond acceptors (Lipinski definition) is 4. The Balaban J connectivity index is 1.69. The Morgan fingerprint density at radius 1 is 1.42 bits per heavy atom. The quantitative estimate of drug-likeness (QED) is 0.678. The Labute approximate surface area is 114 Å².